The fourth-order valence-corrected chi connectivity index (χ4v) is 1.52. The van der Waals surface area contributed by atoms with Crippen LogP contribution >= 0.6 is 27.5 Å². The molecule has 0 saturated heterocycles. The van der Waals surface area contributed by atoms with Crippen molar-refractivity contribution in [3.8, 4) is 0 Å². The summed E-state index contributed by atoms with van der Waals surface area (Å²) in [6, 6.07) is 2.69. The molecule has 0 amide bonds. The van der Waals surface area contributed by atoms with Crippen LogP contribution in [0.15, 0.2) is 16.6 Å². The van der Waals surface area contributed by atoms with Gasteiger partial charge in [-0.3, -0.25) is 4.79 Å². The maximum atomic E-state index is 12.9. The molecule has 1 aromatic rings. The predicted octanol–water partition coefficient (Wildman–Crippen LogP) is 3.32. The summed E-state index contributed by atoms with van der Waals surface area (Å²) in [5, 5.41) is 0. The number of hydrogen-bond donors (Lipinski definition) is 0. The third-order valence-corrected chi connectivity index (χ3v) is 2.98. The van der Waals surface area contributed by atoms with Crippen molar-refractivity contribution in [2.75, 3.05) is 5.88 Å². The van der Waals surface area contributed by atoms with E-state index in [9.17, 15) is 9.18 Å². The fraction of sp³-hybridized carbons (Fsp3) is 0.222. The molecule has 0 heterocycles. The normalized spacial score (nSPS) is 10.2. The first-order valence-corrected chi connectivity index (χ1v) is 4.94. The van der Waals surface area contributed by atoms with Gasteiger partial charge in [0.25, 0.3) is 0 Å². The van der Waals surface area contributed by atoms with Crippen LogP contribution in [0.2, 0.25) is 0 Å². The molecule has 0 aliphatic rings. The van der Waals surface area contributed by atoms with Gasteiger partial charge in [0, 0.05) is 5.56 Å². The smallest absolute Gasteiger partial charge is 0.177 e. The van der Waals surface area contributed by atoms with Crippen molar-refractivity contribution in [2.45, 2.75) is 6.92 Å². The summed E-state index contributed by atoms with van der Waals surface area (Å²) in [4.78, 5) is 11.2. The number of alkyl halides is 1. The zero-order chi connectivity index (χ0) is 10.0. The number of ketones is 1. The molecule has 0 unspecified atom stereocenters. The summed E-state index contributed by atoms with van der Waals surface area (Å²) in [7, 11) is 0. The Morgan fingerprint density at radius 3 is 2.77 bits per heavy atom. The molecule has 0 aliphatic heterocycles. The van der Waals surface area contributed by atoms with E-state index in [1.54, 1.807) is 6.92 Å². The molecule has 0 aliphatic carbocycles. The lowest BCUT2D eigenvalue weighted by molar-refractivity contribution is 0.102. The number of rotatable bonds is 2. The van der Waals surface area contributed by atoms with E-state index in [0.29, 0.717) is 15.6 Å². The number of benzene rings is 1. The standard InChI is InChI=1S/C9H7BrClFO/c1-5-6(8(13)4-11)2-3-7(12)9(5)10/h2-3H,4H2,1H3. The first-order chi connectivity index (χ1) is 6.07. The highest BCUT2D eigenvalue weighted by molar-refractivity contribution is 9.10. The SMILES string of the molecule is Cc1c(C(=O)CCl)ccc(F)c1Br. The fourth-order valence-electron chi connectivity index (χ4n) is 1.03. The minimum absolute atomic E-state index is 0.0844. The molecule has 1 aromatic carbocycles. The van der Waals surface area contributed by atoms with Gasteiger partial charge < -0.3 is 0 Å². The molecule has 0 N–H and O–H groups in total. The van der Waals surface area contributed by atoms with Crippen molar-refractivity contribution in [1.29, 1.82) is 0 Å². The van der Waals surface area contributed by atoms with Crippen molar-refractivity contribution < 1.29 is 9.18 Å². The highest BCUT2D eigenvalue weighted by atomic mass is 79.9. The molecule has 1 nitrogen and oxygen atoms in total. The molecule has 4 heteroatoms. The van der Waals surface area contributed by atoms with Crippen molar-refractivity contribution in [2.24, 2.45) is 0 Å². The Hall–Kier alpha value is -0.410. The van der Waals surface area contributed by atoms with E-state index in [1.807, 2.05) is 0 Å². The topological polar surface area (TPSA) is 17.1 Å². The minimum atomic E-state index is -0.372. The summed E-state index contributed by atoms with van der Waals surface area (Å²) >= 11 is 8.45. The first kappa shape index (κ1) is 10.7. The average Bonchev–Trinajstić information content (AvgIpc) is 2.13. The maximum Gasteiger partial charge on any atom is 0.177 e. The third-order valence-electron chi connectivity index (χ3n) is 1.76. The largest absolute Gasteiger partial charge is 0.293 e. The molecular formula is C9H7BrClFO. The summed E-state index contributed by atoms with van der Waals surface area (Å²) < 4.78 is 13.3. The summed E-state index contributed by atoms with van der Waals surface area (Å²) in [6.45, 7) is 1.67. The van der Waals surface area contributed by atoms with Crippen LogP contribution in [0.25, 0.3) is 0 Å². The number of hydrogen-bond acceptors (Lipinski definition) is 1. The Kier molecular flexibility index (Phi) is 3.45. The number of carbonyl (C=O) groups excluding carboxylic acids is 1. The van der Waals surface area contributed by atoms with Crippen molar-refractivity contribution in [1.82, 2.24) is 0 Å². The van der Waals surface area contributed by atoms with Crippen LogP contribution in [0.5, 0.6) is 0 Å². The number of halogens is 3. The van der Waals surface area contributed by atoms with E-state index >= 15 is 0 Å². The maximum absolute atomic E-state index is 12.9. The molecule has 13 heavy (non-hydrogen) atoms. The third kappa shape index (κ3) is 2.09. The zero-order valence-corrected chi connectivity index (χ0v) is 9.25. The van der Waals surface area contributed by atoms with Gasteiger partial charge in [-0.1, -0.05) is 0 Å². The van der Waals surface area contributed by atoms with Crippen LogP contribution < -0.4 is 0 Å². The van der Waals surface area contributed by atoms with Crippen LogP contribution in [-0.4, -0.2) is 11.7 Å². The Morgan fingerprint density at radius 2 is 2.23 bits per heavy atom. The highest BCUT2D eigenvalue weighted by Crippen LogP contribution is 2.23. The second-order valence-corrected chi connectivity index (χ2v) is 3.65. The monoisotopic (exact) mass is 264 g/mol. The van der Waals surface area contributed by atoms with Gasteiger partial charge in [0.2, 0.25) is 0 Å². The van der Waals surface area contributed by atoms with E-state index in [0.717, 1.165) is 0 Å². The summed E-state index contributed by atoms with van der Waals surface area (Å²) in [5.41, 5.74) is 1.05. The van der Waals surface area contributed by atoms with Crippen molar-refractivity contribution in [3.05, 3.63) is 33.5 Å². The van der Waals surface area contributed by atoms with E-state index in [2.05, 4.69) is 15.9 Å². The Labute approximate surface area is 89.0 Å². The van der Waals surface area contributed by atoms with Crippen molar-refractivity contribution in [3.63, 3.8) is 0 Å². The molecule has 0 bridgehead atoms. The van der Waals surface area contributed by atoms with Gasteiger partial charge in [0.15, 0.2) is 5.78 Å². The Bertz CT molecular complexity index is 352. The summed E-state index contributed by atoms with van der Waals surface area (Å²) in [5.74, 6) is -0.651. The molecule has 0 radical (unpaired) electrons. The van der Waals surface area contributed by atoms with Gasteiger partial charge in [0.05, 0.1) is 10.4 Å². The second kappa shape index (κ2) is 4.20. The van der Waals surface area contributed by atoms with E-state index < -0.39 is 0 Å². The molecule has 70 valence electrons. The van der Waals surface area contributed by atoms with Gasteiger partial charge in [-0.05, 0) is 40.5 Å². The van der Waals surface area contributed by atoms with Gasteiger partial charge in [-0.2, -0.15) is 0 Å². The molecule has 0 aromatic heterocycles. The number of carbonyl (C=O) groups is 1. The highest BCUT2D eigenvalue weighted by Gasteiger charge is 2.12. The lowest BCUT2D eigenvalue weighted by atomic mass is 10.1. The van der Waals surface area contributed by atoms with Crippen LogP contribution in [0.1, 0.15) is 15.9 Å². The van der Waals surface area contributed by atoms with Crippen LogP contribution in [0, 0.1) is 12.7 Å². The lowest BCUT2D eigenvalue weighted by Crippen LogP contribution is -2.04. The molecule has 0 atom stereocenters. The van der Waals surface area contributed by atoms with Gasteiger partial charge in [0.1, 0.15) is 5.82 Å². The van der Waals surface area contributed by atoms with Crippen molar-refractivity contribution >= 4 is 33.3 Å². The number of Topliss-reactive ketones (excluding diaryl/α,β-unsaturated/α-hetero) is 1. The predicted molar refractivity (Wildman–Crippen MR) is 53.9 cm³/mol. The zero-order valence-electron chi connectivity index (χ0n) is 6.90. The minimum Gasteiger partial charge on any atom is -0.293 e. The van der Waals surface area contributed by atoms with Crippen LogP contribution in [0.4, 0.5) is 4.39 Å². The quantitative estimate of drug-likeness (QED) is 0.592. The second-order valence-electron chi connectivity index (χ2n) is 2.59. The van der Waals surface area contributed by atoms with E-state index in [1.165, 1.54) is 12.1 Å². The van der Waals surface area contributed by atoms with E-state index in [-0.39, 0.29) is 17.5 Å². The van der Waals surface area contributed by atoms with E-state index in [4.69, 9.17) is 11.6 Å². The Morgan fingerprint density at radius 1 is 1.62 bits per heavy atom. The molecular weight excluding hydrogens is 258 g/mol. The molecule has 0 saturated carbocycles. The molecule has 0 fully saturated rings. The molecule has 1 rings (SSSR count). The molecule has 0 spiro atoms. The van der Waals surface area contributed by atoms with Gasteiger partial charge in [-0.15, -0.1) is 11.6 Å². The Balaban J connectivity index is 3.26. The van der Waals surface area contributed by atoms with Gasteiger partial charge >= 0.3 is 0 Å². The average molecular weight is 266 g/mol. The van der Waals surface area contributed by atoms with Crippen LogP contribution in [0.3, 0.4) is 0 Å². The van der Waals surface area contributed by atoms with Gasteiger partial charge in [-0.25, -0.2) is 4.39 Å². The lowest BCUT2D eigenvalue weighted by Gasteiger charge is -2.05. The summed E-state index contributed by atoms with van der Waals surface area (Å²) in [6.07, 6.45) is 0. The van der Waals surface area contributed by atoms with Crippen LogP contribution in [-0.2, 0) is 0 Å². The first-order valence-electron chi connectivity index (χ1n) is 3.61.